The van der Waals surface area contributed by atoms with E-state index in [2.05, 4.69) is 25.6 Å². The normalized spacial score (nSPS) is 20.1. The van der Waals surface area contributed by atoms with Crippen molar-refractivity contribution in [2.75, 3.05) is 5.32 Å². The number of nitrogens with zero attached hydrogens (tertiary/aromatic N) is 6. The fourth-order valence-electron chi connectivity index (χ4n) is 5.07. The summed E-state index contributed by atoms with van der Waals surface area (Å²) < 4.78 is 13.8. The molecule has 2 aliphatic rings. The van der Waals surface area contributed by atoms with E-state index in [0.29, 0.717) is 48.4 Å². The van der Waals surface area contributed by atoms with Gasteiger partial charge in [0.25, 0.3) is 0 Å². The Morgan fingerprint density at radius 2 is 1.89 bits per heavy atom. The number of hydrogen-bond donors (Lipinski definition) is 2. The molecule has 2 atom stereocenters. The molecular formula is C26H33N7O4. The van der Waals surface area contributed by atoms with E-state index in [0.717, 1.165) is 37.1 Å². The van der Waals surface area contributed by atoms with Gasteiger partial charge < -0.3 is 19.9 Å². The maximum atomic E-state index is 11.4. The third kappa shape index (κ3) is 5.98. The molecule has 0 radical (unpaired) electrons. The molecule has 2 aliphatic carbocycles. The van der Waals surface area contributed by atoms with Gasteiger partial charge in [0.2, 0.25) is 11.8 Å². The summed E-state index contributed by atoms with van der Waals surface area (Å²) in [6.07, 6.45) is 9.25. The first kappa shape index (κ1) is 24.9. The Kier molecular flexibility index (Phi) is 7.47. The molecule has 37 heavy (non-hydrogen) atoms. The van der Waals surface area contributed by atoms with Crippen molar-refractivity contribution in [1.29, 1.82) is 0 Å². The van der Waals surface area contributed by atoms with Crippen LogP contribution in [0.2, 0.25) is 0 Å². The average Bonchev–Trinajstić information content (AvgIpc) is 3.54. The largest absolute Gasteiger partial charge is 0.489 e. The zero-order valence-corrected chi connectivity index (χ0v) is 21.3. The molecule has 2 saturated carbocycles. The van der Waals surface area contributed by atoms with Gasteiger partial charge in [0, 0.05) is 19.3 Å². The van der Waals surface area contributed by atoms with Crippen molar-refractivity contribution in [3.63, 3.8) is 0 Å². The van der Waals surface area contributed by atoms with Crippen molar-refractivity contribution in [2.24, 2.45) is 13.0 Å². The average molecular weight is 508 g/mol. The minimum absolute atomic E-state index is 0.120. The van der Waals surface area contributed by atoms with Gasteiger partial charge in [-0.2, -0.15) is 4.98 Å². The van der Waals surface area contributed by atoms with Gasteiger partial charge in [-0.3, -0.25) is 4.79 Å². The molecule has 2 fully saturated rings. The van der Waals surface area contributed by atoms with Gasteiger partial charge >= 0.3 is 5.97 Å². The summed E-state index contributed by atoms with van der Waals surface area (Å²) in [6.45, 7) is 2.29. The van der Waals surface area contributed by atoms with Gasteiger partial charge in [-0.05, 0) is 70.4 Å². The number of aromatic nitrogens is 6. The summed E-state index contributed by atoms with van der Waals surface area (Å²) in [5.74, 6) is 0.618. The standard InChI is InChI=1S/C26H33N7O4/c1-16-22(36-19-9-5-6-17(14-19)25(34)35)11-10-20(29-16)24-21(33(2)32-31-24)15-28-26-27-13-12-23(30-26)37-18-7-3-4-8-18/h10-13,17-19H,3-9,14-15H2,1-2H3,(H,34,35)(H,27,28,30)/t17-,19-/m0/s1. The third-order valence-corrected chi connectivity index (χ3v) is 7.13. The molecule has 0 bridgehead atoms. The topological polar surface area (TPSA) is 137 Å². The molecule has 0 aromatic carbocycles. The van der Waals surface area contributed by atoms with Crippen LogP contribution in [0.4, 0.5) is 5.95 Å². The second-order valence-electron chi connectivity index (χ2n) is 9.83. The Morgan fingerprint density at radius 3 is 2.68 bits per heavy atom. The Hall–Kier alpha value is -3.76. The lowest BCUT2D eigenvalue weighted by Crippen LogP contribution is -2.29. The van der Waals surface area contributed by atoms with Gasteiger partial charge in [0.1, 0.15) is 17.5 Å². The molecule has 5 rings (SSSR count). The lowest BCUT2D eigenvalue weighted by atomic mass is 9.87. The van der Waals surface area contributed by atoms with Crippen LogP contribution in [0.25, 0.3) is 11.4 Å². The lowest BCUT2D eigenvalue weighted by Gasteiger charge is -2.27. The van der Waals surface area contributed by atoms with Crippen LogP contribution in [-0.4, -0.2) is 53.2 Å². The maximum absolute atomic E-state index is 11.4. The molecule has 3 heterocycles. The van der Waals surface area contributed by atoms with Crippen molar-refractivity contribution < 1.29 is 19.4 Å². The van der Waals surface area contributed by atoms with E-state index in [4.69, 9.17) is 14.5 Å². The summed E-state index contributed by atoms with van der Waals surface area (Å²) in [5.41, 5.74) is 2.90. The van der Waals surface area contributed by atoms with Gasteiger partial charge in [-0.15, -0.1) is 5.10 Å². The van der Waals surface area contributed by atoms with E-state index in [-0.39, 0.29) is 18.1 Å². The predicted molar refractivity (Wildman–Crippen MR) is 135 cm³/mol. The smallest absolute Gasteiger partial charge is 0.306 e. The van der Waals surface area contributed by atoms with Crippen LogP contribution in [-0.2, 0) is 18.4 Å². The zero-order valence-electron chi connectivity index (χ0n) is 21.3. The number of rotatable bonds is 9. The summed E-state index contributed by atoms with van der Waals surface area (Å²) in [5, 5.41) is 21.1. The van der Waals surface area contributed by atoms with Crippen molar-refractivity contribution in [3.8, 4) is 23.0 Å². The van der Waals surface area contributed by atoms with Gasteiger partial charge in [0.15, 0.2) is 0 Å². The lowest BCUT2D eigenvalue weighted by molar-refractivity contribution is -0.143. The highest BCUT2D eigenvalue weighted by Gasteiger charge is 2.28. The Morgan fingerprint density at radius 1 is 1.08 bits per heavy atom. The van der Waals surface area contributed by atoms with Crippen LogP contribution < -0.4 is 14.8 Å². The molecule has 3 aromatic heterocycles. The first-order valence-corrected chi connectivity index (χ1v) is 13.0. The van der Waals surface area contributed by atoms with E-state index < -0.39 is 5.97 Å². The number of carboxylic acid groups (broad SMARTS) is 1. The first-order valence-electron chi connectivity index (χ1n) is 13.0. The zero-order chi connectivity index (χ0) is 25.8. The molecule has 3 aromatic rings. The third-order valence-electron chi connectivity index (χ3n) is 7.13. The van der Waals surface area contributed by atoms with Crippen LogP contribution in [0.3, 0.4) is 0 Å². The summed E-state index contributed by atoms with van der Waals surface area (Å²) in [6, 6.07) is 5.52. The number of carbonyl (C=O) groups is 1. The number of hydrogen-bond acceptors (Lipinski definition) is 9. The van der Waals surface area contributed by atoms with E-state index in [1.54, 1.807) is 16.9 Å². The van der Waals surface area contributed by atoms with Gasteiger partial charge in [-0.1, -0.05) is 5.21 Å². The highest BCUT2D eigenvalue weighted by atomic mass is 16.5. The van der Waals surface area contributed by atoms with Crippen molar-refractivity contribution in [3.05, 3.63) is 35.8 Å². The molecule has 11 heteroatoms. The van der Waals surface area contributed by atoms with Gasteiger partial charge in [-0.25, -0.2) is 14.6 Å². The molecule has 0 unspecified atom stereocenters. The quantitative estimate of drug-likeness (QED) is 0.438. The molecule has 196 valence electrons. The fourth-order valence-corrected chi connectivity index (χ4v) is 5.07. The number of ether oxygens (including phenoxy) is 2. The molecule has 0 aliphatic heterocycles. The summed E-state index contributed by atoms with van der Waals surface area (Å²) in [4.78, 5) is 24.9. The fraction of sp³-hybridized carbons (Fsp3) is 0.538. The van der Waals surface area contributed by atoms with E-state index in [1.165, 1.54) is 12.8 Å². The highest BCUT2D eigenvalue weighted by Crippen LogP contribution is 2.30. The highest BCUT2D eigenvalue weighted by molar-refractivity contribution is 5.70. The number of pyridine rings is 1. The Balaban J connectivity index is 1.26. The number of carboxylic acids is 1. The van der Waals surface area contributed by atoms with Crippen molar-refractivity contribution >= 4 is 11.9 Å². The monoisotopic (exact) mass is 507 g/mol. The van der Waals surface area contributed by atoms with Crippen molar-refractivity contribution in [2.45, 2.75) is 77.0 Å². The Labute approximate surface area is 215 Å². The number of nitrogens with one attached hydrogen (secondary N) is 1. The minimum atomic E-state index is -0.749. The van der Waals surface area contributed by atoms with Crippen LogP contribution in [0, 0.1) is 12.8 Å². The van der Waals surface area contributed by atoms with E-state index in [1.807, 2.05) is 26.1 Å². The van der Waals surface area contributed by atoms with Gasteiger partial charge in [0.05, 0.1) is 35.6 Å². The summed E-state index contributed by atoms with van der Waals surface area (Å²) in [7, 11) is 1.83. The van der Waals surface area contributed by atoms with Crippen molar-refractivity contribution in [1.82, 2.24) is 29.9 Å². The van der Waals surface area contributed by atoms with Crippen LogP contribution in [0.5, 0.6) is 11.6 Å². The van der Waals surface area contributed by atoms with E-state index in [9.17, 15) is 9.90 Å². The molecule has 0 spiro atoms. The van der Waals surface area contributed by atoms with Crippen LogP contribution >= 0.6 is 0 Å². The molecule has 0 amide bonds. The first-order chi connectivity index (χ1) is 18.0. The minimum Gasteiger partial charge on any atom is -0.489 e. The second-order valence-corrected chi connectivity index (χ2v) is 9.83. The van der Waals surface area contributed by atoms with Crippen LogP contribution in [0.1, 0.15) is 62.8 Å². The van der Waals surface area contributed by atoms with Crippen LogP contribution in [0.15, 0.2) is 24.4 Å². The SMILES string of the molecule is Cc1nc(-c2nnn(C)c2CNc2nccc(OC3CCCC3)n2)ccc1O[C@H]1CCC[C@H](C(=O)O)C1. The van der Waals surface area contributed by atoms with E-state index >= 15 is 0 Å². The molecule has 11 nitrogen and oxygen atoms in total. The Bertz CT molecular complexity index is 1240. The predicted octanol–water partition coefficient (Wildman–Crippen LogP) is 3.93. The number of aliphatic carboxylic acids is 1. The molecule has 0 saturated heterocycles. The number of anilines is 1. The molecule has 2 N–H and O–H groups in total. The second kappa shape index (κ2) is 11.1. The molecular weight excluding hydrogens is 474 g/mol. The maximum Gasteiger partial charge on any atom is 0.306 e. The summed E-state index contributed by atoms with van der Waals surface area (Å²) >= 11 is 0. The number of aryl methyl sites for hydroxylation is 2.